The largest absolute Gasteiger partial charge is 0.322 e. The maximum atomic E-state index is 13.1. The van der Waals surface area contributed by atoms with E-state index in [0.717, 1.165) is 18.7 Å². The van der Waals surface area contributed by atoms with Crippen molar-refractivity contribution >= 4 is 0 Å². The number of hydrogen-bond donors (Lipinski definition) is 1. The Morgan fingerprint density at radius 2 is 2.17 bits per heavy atom. The van der Waals surface area contributed by atoms with Crippen molar-refractivity contribution in [2.75, 3.05) is 0 Å². The Morgan fingerprint density at radius 1 is 1.50 bits per heavy atom. The van der Waals surface area contributed by atoms with Crippen LogP contribution in [0.2, 0.25) is 0 Å². The van der Waals surface area contributed by atoms with Gasteiger partial charge in [-0.15, -0.1) is 0 Å². The number of hydrogen-bond acceptors (Lipinski definition) is 2. The average Bonchev–Trinajstić information content (AvgIpc) is 2.77. The zero-order chi connectivity index (χ0) is 13.2. The third kappa shape index (κ3) is 2.88. The highest BCUT2D eigenvalue weighted by atomic mass is 19.3. The first-order valence-electron chi connectivity index (χ1n) is 6.68. The summed E-state index contributed by atoms with van der Waals surface area (Å²) in [5.41, 5.74) is 7.21. The number of alkyl halides is 2. The molecular weight excluding hydrogens is 236 g/mol. The number of rotatable bonds is 4. The lowest BCUT2D eigenvalue weighted by Crippen LogP contribution is -2.32. The first-order valence-corrected chi connectivity index (χ1v) is 6.68. The van der Waals surface area contributed by atoms with Crippen LogP contribution in [0, 0.1) is 5.92 Å². The molecule has 1 unspecified atom stereocenters. The van der Waals surface area contributed by atoms with Gasteiger partial charge in [0.1, 0.15) is 0 Å². The molecule has 0 aliphatic heterocycles. The van der Waals surface area contributed by atoms with Crippen LogP contribution in [0.4, 0.5) is 8.78 Å². The van der Waals surface area contributed by atoms with Crippen molar-refractivity contribution < 1.29 is 8.78 Å². The highest BCUT2D eigenvalue weighted by Gasteiger charge is 2.37. The molecular formula is C13H21F2N3. The summed E-state index contributed by atoms with van der Waals surface area (Å²) in [7, 11) is 0. The molecule has 1 atom stereocenters. The number of aromatic nitrogens is 2. The van der Waals surface area contributed by atoms with E-state index in [2.05, 4.69) is 12.0 Å². The lowest BCUT2D eigenvalue weighted by molar-refractivity contribution is -0.0486. The fourth-order valence-electron chi connectivity index (χ4n) is 2.69. The molecule has 1 heterocycles. The lowest BCUT2D eigenvalue weighted by Gasteiger charge is -2.32. The summed E-state index contributed by atoms with van der Waals surface area (Å²) >= 11 is 0. The molecule has 1 fully saturated rings. The van der Waals surface area contributed by atoms with Crippen molar-refractivity contribution in [2.45, 2.75) is 57.5 Å². The predicted octanol–water partition coefficient (Wildman–Crippen LogP) is 3.12. The van der Waals surface area contributed by atoms with Crippen LogP contribution < -0.4 is 5.73 Å². The number of halogens is 2. The van der Waals surface area contributed by atoms with E-state index < -0.39 is 5.92 Å². The third-order valence-corrected chi connectivity index (χ3v) is 3.80. The molecule has 0 spiro atoms. The molecule has 0 aromatic carbocycles. The van der Waals surface area contributed by atoms with Crippen molar-refractivity contribution in [1.29, 1.82) is 0 Å². The number of nitrogens with zero attached hydrogens (tertiary/aromatic N) is 2. The minimum Gasteiger partial charge on any atom is -0.322 e. The molecule has 2 rings (SSSR count). The van der Waals surface area contributed by atoms with E-state index in [1.807, 2.05) is 10.7 Å². The third-order valence-electron chi connectivity index (χ3n) is 3.80. The molecule has 1 aliphatic carbocycles. The van der Waals surface area contributed by atoms with Gasteiger partial charge in [0.15, 0.2) is 0 Å². The Labute approximate surface area is 106 Å². The van der Waals surface area contributed by atoms with E-state index in [9.17, 15) is 8.78 Å². The van der Waals surface area contributed by atoms with Crippen LogP contribution in [-0.2, 0) is 6.54 Å². The smallest absolute Gasteiger partial charge is 0.248 e. The van der Waals surface area contributed by atoms with E-state index in [4.69, 9.17) is 5.73 Å². The van der Waals surface area contributed by atoms with Crippen LogP contribution in [-0.4, -0.2) is 15.7 Å². The SMILES string of the molecule is CCCn1nccc1C(N)C1CCC(F)(F)CC1. The quantitative estimate of drug-likeness (QED) is 0.900. The predicted molar refractivity (Wildman–Crippen MR) is 66.4 cm³/mol. The Kier molecular flexibility index (Phi) is 4.00. The average molecular weight is 257 g/mol. The molecule has 1 aromatic rings. The number of nitrogens with two attached hydrogens (primary N) is 1. The van der Waals surface area contributed by atoms with Gasteiger partial charge in [0.2, 0.25) is 5.92 Å². The van der Waals surface area contributed by atoms with Gasteiger partial charge in [0.25, 0.3) is 0 Å². The molecule has 1 saturated carbocycles. The summed E-state index contributed by atoms with van der Waals surface area (Å²) in [5.74, 6) is -2.34. The summed E-state index contributed by atoms with van der Waals surface area (Å²) < 4.78 is 28.2. The number of aryl methyl sites for hydroxylation is 1. The molecule has 1 aliphatic rings. The van der Waals surface area contributed by atoms with Gasteiger partial charge < -0.3 is 5.73 Å². The van der Waals surface area contributed by atoms with Crippen LogP contribution >= 0.6 is 0 Å². The minimum atomic E-state index is -2.49. The van der Waals surface area contributed by atoms with Gasteiger partial charge in [0, 0.05) is 31.6 Å². The van der Waals surface area contributed by atoms with Gasteiger partial charge in [-0.1, -0.05) is 6.92 Å². The van der Waals surface area contributed by atoms with E-state index in [-0.39, 0.29) is 24.8 Å². The summed E-state index contributed by atoms with van der Waals surface area (Å²) in [6, 6.07) is 1.74. The van der Waals surface area contributed by atoms with E-state index in [1.165, 1.54) is 0 Å². The molecule has 5 heteroatoms. The van der Waals surface area contributed by atoms with Crippen LogP contribution in [0.5, 0.6) is 0 Å². The van der Waals surface area contributed by atoms with Crippen LogP contribution in [0.1, 0.15) is 50.8 Å². The van der Waals surface area contributed by atoms with Crippen molar-refractivity contribution in [3.05, 3.63) is 18.0 Å². The van der Waals surface area contributed by atoms with E-state index in [1.54, 1.807) is 6.20 Å². The van der Waals surface area contributed by atoms with Crippen molar-refractivity contribution in [3.63, 3.8) is 0 Å². The van der Waals surface area contributed by atoms with Crippen LogP contribution in [0.3, 0.4) is 0 Å². The molecule has 18 heavy (non-hydrogen) atoms. The fourth-order valence-corrected chi connectivity index (χ4v) is 2.69. The van der Waals surface area contributed by atoms with Crippen LogP contribution in [0.25, 0.3) is 0 Å². The van der Waals surface area contributed by atoms with Crippen molar-refractivity contribution in [3.8, 4) is 0 Å². The second-order valence-corrected chi connectivity index (χ2v) is 5.20. The molecule has 0 saturated heterocycles. The van der Waals surface area contributed by atoms with Gasteiger partial charge in [0.05, 0.1) is 5.69 Å². The second kappa shape index (κ2) is 5.34. The van der Waals surface area contributed by atoms with Crippen molar-refractivity contribution in [2.24, 2.45) is 11.7 Å². The van der Waals surface area contributed by atoms with E-state index in [0.29, 0.717) is 12.8 Å². The standard InChI is InChI=1S/C13H21F2N3/c1-2-9-18-11(5-8-17-18)12(16)10-3-6-13(14,15)7-4-10/h5,8,10,12H,2-4,6-7,9,16H2,1H3. The van der Waals surface area contributed by atoms with Gasteiger partial charge >= 0.3 is 0 Å². The van der Waals surface area contributed by atoms with Gasteiger partial charge in [-0.05, 0) is 31.2 Å². The molecule has 0 amide bonds. The Morgan fingerprint density at radius 3 is 2.78 bits per heavy atom. The van der Waals surface area contributed by atoms with Gasteiger partial charge in [-0.2, -0.15) is 5.10 Å². The van der Waals surface area contributed by atoms with Crippen molar-refractivity contribution in [1.82, 2.24) is 9.78 Å². The summed E-state index contributed by atoms with van der Waals surface area (Å²) in [6.07, 6.45) is 3.67. The lowest BCUT2D eigenvalue weighted by atomic mass is 9.81. The minimum absolute atomic E-state index is 0.0344. The fraction of sp³-hybridized carbons (Fsp3) is 0.769. The first-order chi connectivity index (χ1) is 8.53. The highest BCUT2D eigenvalue weighted by molar-refractivity contribution is 5.08. The van der Waals surface area contributed by atoms with Crippen LogP contribution in [0.15, 0.2) is 12.3 Å². The highest BCUT2D eigenvalue weighted by Crippen LogP contribution is 2.40. The molecule has 3 nitrogen and oxygen atoms in total. The summed E-state index contributed by atoms with van der Waals surface area (Å²) in [4.78, 5) is 0. The monoisotopic (exact) mass is 257 g/mol. The molecule has 102 valence electrons. The Bertz CT molecular complexity index is 379. The summed E-state index contributed by atoms with van der Waals surface area (Å²) in [5, 5.41) is 4.24. The topological polar surface area (TPSA) is 43.8 Å². The zero-order valence-electron chi connectivity index (χ0n) is 10.8. The maximum Gasteiger partial charge on any atom is 0.248 e. The molecule has 0 radical (unpaired) electrons. The van der Waals surface area contributed by atoms with Gasteiger partial charge in [-0.3, -0.25) is 4.68 Å². The Hall–Kier alpha value is -0.970. The maximum absolute atomic E-state index is 13.1. The van der Waals surface area contributed by atoms with E-state index >= 15 is 0 Å². The zero-order valence-corrected chi connectivity index (χ0v) is 10.8. The molecule has 0 bridgehead atoms. The molecule has 2 N–H and O–H groups in total. The van der Waals surface area contributed by atoms with Gasteiger partial charge in [-0.25, -0.2) is 8.78 Å². The normalized spacial score (nSPS) is 22.0. The Balaban J connectivity index is 2.03. The summed E-state index contributed by atoms with van der Waals surface area (Å²) in [6.45, 7) is 2.91. The second-order valence-electron chi connectivity index (χ2n) is 5.20. The first kappa shape index (κ1) is 13.5. The molecule has 1 aromatic heterocycles.